The monoisotopic (exact) mass is 303 g/mol. The van der Waals surface area contributed by atoms with E-state index in [4.69, 9.17) is 4.42 Å². The molecule has 0 fully saturated rings. The van der Waals surface area contributed by atoms with Gasteiger partial charge in [0.15, 0.2) is 5.76 Å². The second-order valence-electron chi connectivity index (χ2n) is 5.99. The first-order valence-corrected chi connectivity index (χ1v) is 7.27. The predicted octanol–water partition coefficient (Wildman–Crippen LogP) is 3.20. The van der Waals surface area contributed by atoms with E-state index in [-0.39, 0.29) is 11.7 Å². The van der Waals surface area contributed by atoms with E-state index in [1.165, 1.54) is 0 Å². The Kier molecular flexibility index (Phi) is 4.26. The molecule has 0 bridgehead atoms. The van der Waals surface area contributed by atoms with E-state index in [9.17, 15) is 14.7 Å². The number of rotatable bonds is 4. The smallest absolute Gasteiger partial charge is 0.326 e. The van der Waals surface area contributed by atoms with Crippen LogP contribution in [0.3, 0.4) is 0 Å². The Hall–Kier alpha value is -2.30. The molecule has 5 heteroatoms. The van der Waals surface area contributed by atoms with Crippen molar-refractivity contribution in [1.29, 1.82) is 0 Å². The van der Waals surface area contributed by atoms with E-state index in [1.54, 1.807) is 13.8 Å². The second-order valence-corrected chi connectivity index (χ2v) is 5.99. The summed E-state index contributed by atoms with van der Waals surface area (Å²) < 4.78 is 5.73. The predicted molar refractivity (Wildman–Crippen MR) is 84.2 cm³/mol. The zero-order valence-electron chi connectivity index (χ0n) is 13.5. The molecule has 22 heavy (non-hydrogen) atoms. The van der Waals surface area contributed by atoms with Gasteiger partial charge in [-0.2, -0.15) is 0 Å². The maximum Gasteiger partial charge on any atom is 0.326 e. The first-order valence-electron chi connectivity index (χ1n) is 7.27. The van der Waals surface area contributed by atoms with E-state index >= 15 is 0 Å². The summed E-state index contributed by atoms with van der Waals surface area (Å²) in [6.45, 7) is 9.19. The fourth-order valence-corrected chi connectivity index (χ4v) is 2.61. The van der Waals surface area contributed by atoms with Crippen LogP contribution < -0.4 is 5.32 Å². The van der Waals surface area contributed by atoms with Crippen molar-refractivity contribution in [2.45, 2.75) is 40.7 Å². The molecule has 1 atom stereocenters. The largest absolute Gasteiger partial charge is 0.480 e. The Bertz CT molecular complexity index is 743. The van der Waals surface area contributed by atoms with Gasteiger partial charge >= 0.3 is 5.97 Å². The van der Waals surface area contributed by atoms with E-state index in [0.29, 0.717) is 5.58 Å². The molecular weight excluding hydrogens is 282 g/mol. The third kappa shape index (κ3) is 2.71. The molecule has 1 aromatic heterocycles. The Balaban J connectivity index is 2.45. The van der Waals surface area contributed by atoms with Gasteiger partial charge in [0.25, 0.3) is 5.91 Å². The third-order valence-corrected chi connectivity index (χ3v) is 3.91. The van der Waals surface area contributed by atoms with Crippen molar-refractivity contribution < 1.29 is 19.1 Å². The number of aryl methyl sites for hydroxylation is 3. The molecule has 0 aliphatic heterocycles. The van der Waals surface area contributed by atoms with Crippen molar-refractivity contribution in [2.75, 3.05) is 0 Å². The number of hydrogen-bond acceptors (Lipinski definition) is 3. The fourth-order valence-electron chi connectivity index (χ4n) is 2.61. The molecule has 0 saturated carbocycles. The average molecular weight is 303 g/mol. The standard InChI is InChI=1S/C17H21NO4/c1-8(2)13(17(20)21)18-16(19)15-11(5)12-9(3)6-7-10(4)14(12)22-15/h6-8,13H,1-5H3,(H,18,19)(H,20,21)/t13-/m1/s1. The quantitative estimate of drug-likeness (QED) is 0.909. The zero-order chi connectivity index (χ0) is 16.6. The number of carboxylic acids is 1. The number of carboxylic acid groups (broad SMARTS) is 1. The molecule has 2 rings (SSSR count). The topological polar surface area (TPSA) is 79.5 Å². The van der Waals surface area contributed by atoms with E-state index < -0.39 is 17.9 Å². The van der Waals surface area contributed by atoms with Crippen LogP contribution in [0.25, 0.3) is 11.0 Å². The van der Waals surface area contributed by atoms with Crippen molar-refractivity contribution >= 4 is 22.8 Å². The van der Waals surface area contributed by atoms with Gasteiger partial charge in [-0.15, -0.1) is 0 Å². The highest BCUT2D eigenvalue weighted by molar-refractivity contribution is 6.01. The Morgan fingerprint density at radius 1 is 1.14 bits per heavy atom. The molecule has 0 unspecified atom stereocenters. The number of carbonyl (C=O) groups is 2. The molecular formula is C17H21NO4. The normalized spacial score (nSPS) is 12.6. The van der Waals surface area contributed by atoms with Crippen LogP contribution in [0.5, 0.6) is 0 Å². The maximum absolute atomic E-state index is 12.4. The SMILES string of the molecule is Cc1ccc(C)c2c(C)c(C(=O)N[C@@H](C(=O)O)C(C)C)oc12. The summed E-state index contributed by atoms with van der Waals surface area (Å²) in [6, 6.07) is 2.98. The Morgan fingerprint density at radius 3 is 2.23 bits per heavy atom. The number of aliphatic carboxylic acids is 1. The lowest BCUT2D eigenvalue weighted by atomic mass is 10.0. The molecule has 0 spiro atoms. The summed E-state index contributed by atoms with van der Waals surface area (Å²) in [5.74, 6) is -1.58. The summed E-state index contributed by atoms with van der Waals surface area (Å²) in [5.41, 5.74) is 3.39. The van der Waals surface area contributed by atoms with Gasteiger partial charge in [0, 0.05) is 10.9 Å². The van der Waals surface area contributed by atoms with Gasteiger partial charge in [-0.1, -0.05) is 26.0 Å². The summed E-state index contributed by atoms with van der Waals surface area (Å²) in [5, 5.41) is 12.7. The molecule has 0 aliphatic carbocycles. The molecule has 2 N–H and O–H groups in total. The van der Waals surface area contributed by atoms with E-state index in [1.807, 2.05) is 32.9 Å². The van der Waals surface area contributed by atoms with Crippen LogP contribution in [-0.2, 0) is 4.79 Å². The first-order chi connectivity index (χ1) is 10.2. The average Bonchev–Trinajstić information content (AvgIpc) is 2.78. The molecule has 1 aromatic carbocycles. The summed E-state index contributed by atoms with van der Waals surface area (Å²) in [6.07, 6.45) is 0. The van der Waals surface area contributed by atoms with Crippen LogP contribution in [0.15, 0.2) is 16.5 Å². The number of carbonyl (C=O) groups excluding carboxylic acids is 1. The van der Waals surface area contributed by atoms with Gasteiger partial charge in [-0.3, -0.25) is 4.79 Å². The fraction of sp³-hybridized carbons (Fsp3) is 0.412. The molecule has 1 heterocycles. The zero-order valence-corrected chi connectivity index (χ0v) is 13.5. The molecule has 0 saturated heterocycles. The van der Waals surface area contributed by atoms with Gasteiger partial charge < -0.3 is 14.8 Å². The number of amides is 1. The van der Waals surface area contributed by atoms with E-state index in [0.717, 1.165) is 22.1 Å². The summed E-state index contributed by atoms with van der Waals surface area (Å²) >= 11 is 0. The lowest BCUT2D eigenvalue weighted by Gasteiger charge is -2.17. The molecule has 0 aliphatic rings. The first kappa shape index (κ1) is 16.1. The van der Waals surface area contributed by atoms with Crippen molar-refractivity contribution in [3.05, 3.63) is 34.6 Å². The second kappa shape index (κ2) is 5.83. The summed E-state index contributed by atoms with van der Waals surface area (Å²) in [7, 11) is 0. The van der Waals surface area contributed by atoms with Crippen LogP contribution in [-0.4, -0.2) is 23.0 Å². The number of furan rings is 1. The minimum absolute atomic E-state index is 0.180. The van der Waals surface area contributed by atoms with Crippen LogP contribution in [0.2, 0.25) is 0 Å². The number of hydrogen-bond donors (Lipinski definition) is 2. The van der Waals surface area contributed by atoms with Gasteiger partial charge in [0.1, 0.15) is 11.6 Å². The number of nitrogens with one attached hydrogen (secondary N) is 1. The van der Waals surface area contributed by atoms with E-state index in [2.05, 4.69) is 5.32 Å². The van der Waals surface area contributed by atoms with Gasteiger partial charge in [0.2, 0.25) is 0 Å². The lowest BCUT2D eigenvalue weighted by molar-refractivity contribution is -0.140. The van der Waals surface area contributed by atoms with Gasteiger partial charge in [-0.25, -0.2) is 4.79 Å². The van der Waals surface area contributed by atoms with Crippen molar-refractivity contribution in [3.63, 3.8) is 0 Å². The van der Waals surface area contributed by atoms with Crippen molar-refractivity contribution in [3.8, 4) is 0 Å². The molecule has 2 aromatic rings. The Labute approximate surface area is 129 Å². The highest BCUT2D eigenvalue weighted by atomic mass is 16.4. The Morgan fingerprint density at radius 2 is 1.73 bits per heavy atom. The highest BCUT2D eigenvalue weighted by Crippen LogP contribution is 2.30. The van der Waals surface area contributed by atoms with Crippen LogP contribution >= 0.6 is 0 Å². The number of fused-ring (bicyclic) bond motifs is 1. The third-order valence-electron chi connectivity index (χ3n) is 3.91. The van der Waals surface area contributed by atoms with Crippen molar-refractivity contribution in [2.24, 2.45) is 5.92 Å². The van der Waals surface area contributed by atoms with Crippen LogP contribution in [0, 0.1) is 26.7 Å². The maximum atomic E-state index is 12.4. The minimum atomic E-state index is -1.05. The molecule has 1 amide bonds. The summed E-state index contributed by atoms with van der Waals surface area (Å²) in [4.78, 5) is 23.6. The minimum Gasteiger partial charge on any atom is -0.480 e. The van der Waals surface area contributed by atoms with Gasteiger partial charge in [-0.05, 0) is 37.8 Å². The molecule has 118 valence electrons. The van der Waals surface area contributed by atoms with Gasteiger partial charge in [0.05, 0.1) is 0 Å². The highest BCUT2D eigenvalue weighted by Gasteiger charge is 2.27. The van der Waals surface area contributed by atoms with Crippen molar-refractivity contribution in [1.82, 2.24) is 5.32 Å². The molecule has 0 radical (unpaired) electrons. The number of benzene rings is 1. The lowest BCUT2D eigenvalue weighted by Crippen LogP contribution is -2.44. The molecule has 5 nitrogen and oxygen atoms in total. The van der Waals surface area contributed by atoms with Crippen LogP contribution in [0.4, 0.5) is 0 Å². The van der Waals surface area contributed by atoms with Crippen LogP contribution in [0.1, 0.15) is 41.1 Å².